The molecule has 6 heteroatoms. The number of hydrogen-bond donors (Lipinski definition) is 1. The number of benzene rings is 1. The van der Waals surface area contributed by atoms with Crippen molar-refractivity contribution in [2.24, 2.45) is 0 Å². The van der Waals surface area contributed by atoms with Crippen molar-refractivity contribution in [3.8, 4) is 11.8 Å². The maximum absolute atomic E-state index is 8.88. The lowest BCUT2D eigenvalue weighted by Crippen LogP contribution is -2.35. The van der Waals surface area contributed by atoms with Crippen molar-refractivity contribution in [2.45, 2.75) is 6.42 Å². The fraction of sp³-hybridized carbons (Fsp3) is 0.188. The monoisotopic (exact) mass is 312 g/mol. The minimum Gasteiger partial charge on any atom is -0.495 e. The van der Waals surface area contributed by atoms with Gasteiger partial charge >= 0.3 is 0 Å². The molecule has 112 valence electrons. The van der Waals surface area contributed by atoms with Crippen LogP contribution < -0.4 is 15.0 Å². The van der Waals surface area contributed by atoms with E-state index in [9.17, 15) is 0 Å². The molecule has 0 saturated carbocycles. The van der Waals surface area contributed by atoms with Crippen molar-refractivity contribution < 1.29 is 4.74 Å². The highest BCUT2D eigenvalue weighted by atomic mass is 32.1. The Morgan fingerprint density at radius 1 is 1.36 bits per heavy atom. The van der Waals surface area contributed by atoms with E-state index < -0.39 is 0 Å². The van der Waals surface area contributed by atoms with Gasteiger partial charge in [-0.15, -0.1) is 0 Å². The lowest BCUT2D eigenvalue weighted by molar-refractivity contribution is 0.415. The zero-order valence-electron chi connectivity index (χ0n) is 12.2. The smallest absolute Gasteiger partial charge is 0.178 e. The standard InChI is InChI=1S/C16H16N4OS/c1-21-15-8-3-2-7-14(15)20(11-5-9-17)16(22)19-13-6-4-10-18-12-13/h2-4,6-8,10,12H,5,11H2,1H3,(H,19,22). The summed E-state index contributed by atoms with van der Waals surface area (Å²) < 4.78 is 5.38. The molecule has 0 saturated heterocycles. The molecule has 0 radical (unpaired) electrons. The van der Waals surface area contributed by atoms with Crippen LogP contribution in [-0.2, 0) is 0 Å². The Hall–Kier alpha value is -2.65. The average Bonchev–Trinajstić information content (AvgIpc) is 2.56. The average molecular weight is 312 g/mol. The molecule has 2 rings (SSSR count). The molecule has 0 aliphatic carbocycles. The van der Waals surface area contributed by atoms with Crippen molar-refractivity contribution in [1.29, 1.82) is 5.26 Å². The zero-order valence-corrected chi connectivity index (χ0v) is 13.0. The van der Waals surface area contributed by atoms with Crippen LogP contribution in [0.2, 0.25) is 0 Å². The summed E-state index contributed by atoms with van der Waals surface area (Å²) in [6.07, 6.45) is 3.74. The van der Waals surface area contributed by atoms with Gasteiger partial charge in [0.15, 0.2) is 5.11 Å². The van der Waals surface area contributed by atoms with Crippen LogP contribution in [0.3, 0.4) is 0 Å². The molecule has 1 aromatic heterocycles. The first-order valence-corrected chi connectivity index (χ1v) is 7.15. The first-order valence-electron chi connectivity index (χ1n) is 6.74. The van der Waals surface area contributed by atoms with Crippen LogP contribution >= 0.6 is 12.2 Å². The second kappa shape index (κ2) is 7.96. The molecule has 22 heavy (non-hydrogen) atoms. The quantitative estimate of drug-likeness (QED) is 0.856. The molecule has 1 heterocycles. The molecule has 0 bridgehead atoms. The summed E-state index contributed by atoms with van der Waals surface area (Å²) in [5.74, 6) is 0.704. The van der Waals surface area contributed by atoms with Crippen LogP contribution in [0.4, 0.5) is 11.4 Å². The first-order chi connectivity index (χ1) is 10.8. The topological polar surface area (TPSA) is 61.2 Å². The minimum atomic E-state index is 0.354. The van der Waals surface area contributed by atoms with Gasteiger partial charge in [0.05, 0.1) is 37.2 Å². The Bertz CT molecular complexity index is 669. The summed E-state index contributed by atoms with van der Waals surface area (Å²) in [6.45, 7) is 0.475. The van der Waals surface area contributed by atoms with Gasteiger partial charge in [-0.25, -0.2) is 0 Å². The highest BCUT2D eigenvalue weighted by Gasteiger charge is 2.16. The number of rotatable bonds is 5. The van der Waals surface area contributed by atoms with Gasteiger partial charge in [-0.3, -0.25) is 4.98 Å². The summed E-state index contributed by atoms with van der Waals surface area (Å²) in [4.78, 5) is 5.90. The molecule has 0 atom stereocenters. The first kappa shape index (κ1) is 15.7. The Morgan fingerprint density at radius 2 is 2.18 bits per heavy atom. The molecular weight excluding hydrogens is 296 g/mol. The van der Waals surface area contributed by atoms with Crippen molar-refractivity contribution in [2.75, 3.05) is 23.9 Å². The number of aromatic nitrogens is 1. The Labute approximate surface area is 135 Å². The second-order valence-corrected chi connectivity index (χ2v) is 4.79. The van der Waals surface area contributed by atoms with E-state index in [-0.39, 0.29) is 0 Å². The molecule has 0 unspecified atom stereocenters. The van der Waals surface area contributed by atoms with Gasteiger partial charge < -0.3 is 15.0 Å². The largest absolute Gasteiger partial charge is 0.495 e. The van der Waals surface area contributed by atoms with E-state index in [1.54, 1.807) is 19.5 Å². The summed E-state index contributed by atoms with van der Waals surface area (Å²) >= 11 is 5.48. The molecule has 0 fully saturated rings. The number of ether oxygens (including phenoxy) is 1. The molecule has 0 aliphatic heterocycles. The molecule has 0 aliphatic rings. The summed E-state index contributed by atoms with van der Waals surface area (Å²) in [5, 5.41) is 12.5. The fourth-order valence-electron chi connectivity index (χ4n) is 1.97. The third kappa shape index (κ3) is 3.93. The van der Waals surface area contributed by atoms with E-state index in [1.807, 2.05) is 41.3 Å². The molecule has 5 nitrogen and oxygen atoms in total. The van der Waals surface area contributed by atoms with Crippen LogP contribution in [0.15, 0.2) is 48.8 Å². The zero-order chi connectivity index (χ0) is 15.8. The van der Waals surface area contributed by atoms with Gasteiger partial charge in [-0.1, -0.05) is 12.1 Å². The van der Waals surface area contributed by atoms with E-state index in [0.29, 0.717) is 23.8 Å². The molecule has 2 aromatic rings. The third-order valence-electron chi connectivity index (χ3n) is 2.98. The normalized spacial score (nSPS) is 9.64. The van der Waals surface area contributed by atoms with E-state index in [1.165, 1.54) is 0 Å². The van der Waals surface area contributed by atoms with Crippen LogP contribution in [0.1, 0.15) is 6.42 Å². The van der Waals surface area contributed by atoms with Gasteiger partial charge in [0.1, 0.15) is 5.75 Å². The number of anilines is 2. The Morgan fingerprint density at radius 3 is 2.86 bits per heavy atom. The van der Waals surface area contributed by atoms with Gasteiger partial charge in [0, 0.05) is 12.7 Å². The molecule has 1 N–H and O–H groups in total. The van der Waals surface area contributed by atoms with Gasteiger partial charge in [0.2, 0.25) is 0 Å². The van der Waals surface area contributed by atoms with Gasteiger partial charge in [-0.05, 0) is 36.5 Å². The van der Waals surface area contributed by atoms with Crippen molar-refractivity contribution in [3.63, 3.8) is 0 Å². The predicted molar refractivity (Wildman–Crippen MR) is 91.0 cm³/mol. The highest BCUT2D eigenvalue weighted by molar-refractivity contribution is 7.80. The number of para-hydroxylation sites is 2. The Kier molecular flexibility index (Phi) is 5.69. The number of pyridine rings is 1. The summed E-state index contributed by atoms with van der Waals surface area (Å²) in [5.41, 5.74) is 1.62. The van der Waals surface area contributed by atoms with Gasteiger partial charge in [-0.2, -0.15) is 5.26 Å². The van der Waals surface area contributed by atoms with Crippen molar-refractivity contribution >= 4 is 28.7 Å². The number of nitriles is 1. The number of methoxy groups -OCH3 is 1. The van der Waals surface area contributed by atoms with Crippen molar-refractivity contribution in [1.82, 2.24) is 4.98 Å². The van der Waals surface area contributed by atoms with Crippen molar-refractivity contribution in [3.05, 3.63) is 48.8 Å². The van der Waals surface area contributed by atoms with Gasteiger partial charge in [0.25, 0.3) is 0 Å². The summed E-state index contributed by atoms with van der Waals surface area (Å²) in [6, 6.07) is 13.4. The second-order valence-electron chi connectivity index (χ2n) is 4.40. The number of hydrogen-bond acceptors (Lipinski definition) is 4. The molecule has 0 spiro atoms. The Balaban J connectivity index is 2.25. The van der Waals surface area contributed by atoms with Crippen LogP contribution in [0.5, 0.6) is 5.75 Å². The van der Waals surface area contributed by atoms with Crippen LogP contribution in [0, 0.1) is 11.3 Å². The third-order valence-corrected chi connectivity index (χ3v) is 3.30. The lowest BCUT2D eigenvalue weighted by atomic mass is 10.2. The van der Waals surface area contributed by atoms with Crippen LogP contribution in [0.25, 0.3) is 0 Å². The number of thiocarbonyl (C=S) groups is 1. The minimum absolute atomic E-state index is 0.354. The van der Waals surface area contributed by atoms with Crippen LogP contribution in [-0.4, -0.2) is 23.8 Å². The maximum atomic E-state index is 8.88. The lowest BCUT2D eigenvalue weighted by Gasteiger charge is -2.26. The molecule has 1 aromatic carbocycles. The van der Waals surface area contributed by atoms with E-state index >= 15 is 0 Å². The SMILES string of the molecule is COc1ccccc1N(CCC#N)C(=S)Nc1cccnc1. The van der Waals surface area contributed by atoms with E-state index in [4.69, 9.17) is 22.2 Å². The summed E-state index contributed by atoms with van der Waals surface area (Å²) in [7, 11) is 1.61. The predicted octanol–water partition coefficient (Wildman–Crippen LogP) is 3.21. The number of nitrogens with one attached hydrogen (secondary N) is 1. The highest BCUT2D eigenvalue weighted by Crippen LogP contribution is 2.28. The molecule has 0 amide bonds. The number of nitrogens with zero attached hydrogens (tertiary/aromatic N) is 3. The maximum Gasteiger partial charge on any atom is 0.178 e. The molecular formula is C16H16N4OS. The van der Waals surface area contributed by atoms with E-state index in [2.05, 4.69) is 16.4 Å². The van der Waals surface area contributed by atoms with E-state index in [0.717, 1.165) is 11.4 Å². The fourth-order valence-corrected chi connectivity index (χ4v) is 2.28.